The van der Waals surface area contributed by atoms with E-state index < -0.39 is 10.0 Å². The molecule has 21 heavy (non-hydrogen) atoms. The molecule has 1 aliphatic rings. The van der Waals surface area contributed by atoms with Gasteiger partial charge in [-0.05, 0) is 25.1 Å². The predicted octanol–water partition coefficient (Wildman–Crippen LogP) is 1.66. The number of anilines is 2. The van der Waals surface area contributed by atoms with Crippen LogP contribution < -0.4 is 14.5 Å². The SMILES string of the molecule is CC(C)NCCCS(=O)(=O)N1CCN(C)c2ccccc21. The highest BCUT2D eigenvalue weighted by Gasteiger charge is 2.28. The number of nitrogens with one attached hydrogen (secondary N) is 1. The molecule has 1 N–H and O–H groups in total. The van der Waals surface area contributed by atoms with Crippen LogP contribution in [0.1, 0.15) is 20.3 Å². The highest BCUT2D eigenvalue weighted by atomic mass is 32.2. The van der Waals surface area contributed by atoms with E-state index in [-0.39, 0.29) is 5.75 Å². The molecule has 1 aliphatic heterocycles. The fourth-order valence-electron chi connectivity index (χ4n) is 2.52. The normalized spacial score (nSPS) is 15.4. The lowest BCUT2D eigenvalue weighted by atomic mass is 10.2. The number of para-hydroxylation sites is 2. The Hall–Kier alpha value is -1.27. The maximum absolute atomic E-state index is 12.6. The summed E-state index contributed by atoms with van der Waals surface area (Å²) in [5, 5.41) is 3.26. The average Bonchev–Trinajstić information content (AvgIpc) is 2.44. The van der Waals surface area contributed by atoms with E-state index in [1.165, 1.54) is 0 Å². The highest BCUT2D eigenvalue weighted by Crippen LogP contribution is 2.33. The highest BCUT2D eigenvalue weighted by molar-refractivity contribution is 7.92. The second-order valence-electron chi connectivity index (χ2n) is 5.76. The van der Waals surface area contributed by atoms with Crippen molar-refractivity contribution in [1.29, 1.82) is 0 Å². The van der Waals surface area contributed by atoms with Gasteiger partial charge in [-0.15, -0.1) is 0 Å². The number of sulfonamides is 1. The second-order valence-corrected chi connectivity index (χ2v) is 7.77. The molecule has 5 nitrogen and oxygen atoms in total. The van der Waals surface area contributed by atoms with Gasteiger partial charge in [0.05, 0.1) is 23.7 Å². The van der Waals surface area contributed by atoms with Gasteiger partial charge in [0.25, 0.3) is 0 Å². The molecule has 0 aromatic heterocycles. The molecule has 118 valence electrons. The van der Waals surface area contributed by atoms with Gasteiger partial charge in [0, 0.05) is 19.6 Å². The van der Waals surface area contributed by atoms with E-state index in [9.17, 15) is 8.42 Å². The minimum absolute atomic E-state index is 0.185. The molecule has 0 fully saturated rings. The first-order valence-electron chi connectivity index (χ1n) is 7.46. The van der Waals surface area contributed by atoms with Crippen LogP contribution in [0.4, 0.5) is 11.4 Å². The summed E-state index contributed by atoms with van der Waals surface area (Å²) < 4.78 is 26.7. The minimum atomic E-state index is -3.25. The van der Waals surface area contributed by atoms with Gasteiger partial charge < -0.3 is 10.2 Å². The molecule has 0 bridgehead atoms. The smallest absolute Gasteiger partial charge is 0.235 e. The molecule has 1 aromatic carbocycles. The summed E-state index contributed by atoms with van der Waals surface area (Å²) in [7, 11) is -1.26. The molecule has 0 atom stereocenters. The third-order valence-corrected chi connectivity index (χ3v) is 5.52. The summed E-state index contributed by atoms with van der Waals surface area (Å²) in [5.74, 6) is 0.185. The number of hydrogen-bond acceptors (Lipinski definition) is 4. The van der Waals surface area contributed by atoms with Crippen LogP contribution in [0.2, 0.25) is 0 Å². The Kier molecular flexibility index (Phi) is 5.11. The Morgan fingerprint density at radius 2 is 1.86 bits per heavy atom. The zero-order chi connectivity index (χ0) is 15.5. The van der Waals surface area contributed by atoms with Crippen molar-refractivity contribution in [2.75, 3.05) is 41.6 Å². The van der Waals surface area contributed by atoms with E-state index in [0.717, 1.165) is 24.5 Å². The van der Waals surface area contributed by atoms with E-state index in [1.54, 1.807) is 4.31 Å². The van der Waals surface area contributed by atoms with Crippen LogP contribution in [-0.4, -0.2) is 46.9 Å². The maximum atomic E-state index is 12.6. The lowest BCUT2D eigenvalue weighted by molar-refractivity contribution is 0.565. The zero-order valence-corrected chi connectivity index (χ0v) is 13.9. The van der Waals surface area contributed by atoms with Crippen LogP contribution in [0, 0.1) is 0 Å². The van der Waals surface area contributed by atoms with Gasteiger partial charge in [-0.2, -0.15) is 0 Å². The van der Waals surface area contributed by atoms with Crippen molar-refractivity contribution >= 4 is 21.4 Å². The molecule has 0 aliphatic carbocycles. The molecule has 0 amide bonds. The molecule has 0 spiro atoms. The molecule has 1 aromatic rings. The Bertz CT molecular complexity index is 572. The molecule has 0 unspecified atom stereocenters. The van der Waals surface area contributed by atoms with Crippen molar-refractivity contribution in [3.05, 3.63) is 24.3 Å². The fraction of sp³-hybridized carbons (Fsp3) is 0.600. The predicted molar refractivity (Wildman–Crippen MR) is 88.6 cm³/mol. The maximum Gasteiger partial charge on any atom is 0.235 e. The van der Waals surface area contributed by atoms with Crippen molar-refractivity contribution < 1.29 is 8.42 Å². The molecular weight excluding hydrogens is 286 g/mol. The summed E-state index contributed by atoms with van der Waals surface area (Å²) in [6.07, 6.45) is 0.634. The van der Waals surface area contributed by atoms with Crippen molar-refractivity contribution in [2.45, 2.75) is 26.3 Å². The summed E-state index contributed by atoms with van der Waals surface area (Å²) in [5.41, 5.74) is 1.77. The van der Waals surface area contributed by atoms with Gasteiger partial charge in [0.2, 0.25) is 10.0 Å². The summed E-state index contributed by atoms with van der Waals surface area (Å²) in [6.45, 7) is 6.09. The van der Waals surface area contributed by atoms with Gasteiger partial charge in [0.1, 0.15) is 0 Å². The zero-order valence-electron chi connectivity index (χ0n) is 13.0. The van der Waals surface area contributed by atoms with Crippen molar-refractivity contribution in [3.63, 3.8) is 0 Å². The van der Waals surface area contributed by atoms with E-state index in [0.29, 0.717) is 19.0 Å². The van der Waals surface area contributed by atoms with Crippen LogP contribution in [0.25, 0.3) is 0 Å². The lowest BCUT2D eigenvalue weighted by Crippen LogP contribution is -2.43. The molecule has 6 heteroatoms. The minimum Gasteiger partial charge on any atom is -0.371 e. The van der Waals surface area contributed by atoms with Gasteiger partial charge in [0.15, 0.2) is 0 Å². The van der Waals surface area contributed by atoms with Crippen molar-refractivity contribution in [2.24, 2.45) is 0 Å². The van der Waals surface area contributed by atoms with Crippen molar-refractivity contribution in [1.82, 2.24) is 5.32 Å². The summed E-state index contributed by atoms with van der Waals surface area (Å²) >= 11 is 0. The van der Waals surface area contributed by atoms with Gasteiger partial charge in [-0.1, -0.05) is 26.0 Å². The Morgan fingerprint density at radius 3 is 2.52 bits per heavy atom. The Balaban J connectivity index is 2.09. The van der Waals surface area contributed by atoms with Gasteiger partial charge >= 0.3 is 0 Å². The topological polar surface area (TPSA) is 52.7 Å². The number of benzene rings is 1. The van der Waals surface area contributed by atoms with E-state index in [4.69, 9.17) is 0 Å². The monoisotopic (exact) mass is 311 g/mol. The van der Waals surface area contributed by atoms with E-state index in [2.05, 4.69) is 24.1 Å². The first-order chi connectivity index (χ1) is 9.92. The number of likely N-dealkylation sites (N-methyl/N-ethyl adjacent to an activating group) is 1. The third kappa shape index (κ3) is 3.89. The van der Waals surface area contributed by atoms with E-state index >= 15 is 0 Å². The Labute approximate surface area is 128 Å². The van der Waals surface area contributed by atoms with Gasteiger partial charge in [-0.3, -0.25) is 4.31 Å². The van der Waals surface area contributed by atoms with Crippen LogP contribution >= 0.6 is 0 Å². The van der Waals surface area contributed by atoms with Gasteiger partial charge in [-0.25, -0.2) is 8.42 Å². The molecule has 0 saturated heterocycles. The number of rotatable bonds is 6. The molecule has 0 radical (unpaired) electrons. The van der Waals surface area contributed by atoms with Crippen LogP contribution in [0.5, 0.6) is 0 Å². The molecule has 2 rings (SSSR count). The largest absolute Gasteiger partial charge is 0.371 e. The Morgan fingerprint density at radius 1 is 1.19 bits per heavy atom. The van der Waals surface area contributed by atoms with Crippen LogP contribution in [-0.2, 0) is 10.0 Å². The van der Waals surface area contributed by atoms with Crippen LogP contribution in [0.15, 0.2) is 24.3 Å². The summed E-state index contributed by atoms with van der Waals surface area (Å²) in [4.78, 5) is 2.10. The quantitative estimate of drug-likeness (QED) is 0.812. The molecular formula is C15H25N3O2S. The fourth-order valence-corrected chi connectivity index (χ4v) is 4.07. The number of fused-ring (bicyclic) bond motifs is 1. The van der Waals surface area contributed by atoms with Crippen LogP contribution in [0.3, 0.4) is 0 Å². The standard InChI is InChI=1S/C15H25N3O2S/c1-13(2)16-9-6-12-21(19,20)18-11-10-17(3)14-7-4-5-8-15(14)18/h4-5,7-8,13,16H,6,9-12H2,1-3H3. The third-order valence-electron chi connectivity index (χ3n) is 3.67. The first kappa shape index (κ1) is 16.1. The lowest BCUT2D eigenvalue weighted by Gasteiger charge is -2.36. The second kappa shape index (κ2) is 6.66. The summed E-state index contributed by atoms with van der Waals surface area (Å²) in [6, 6.07) is 8.07. The van der Waals surface area contributed by atoms with E-state index in [1.807, 2.05) is 31.3 Å². The van der Waals surface area contributed by atoms with Crippen molar-refractivity contribution in [3.8, 4) is 0 Å². The molecule has 1 heterocycles. The number of nitrogens with zero attached hydrogens (tertiary/aromatic N) is 2. The molecule has 0 saturated carbocycles. The first-order valence-corrected chi connectivity index (χ1v) is 9.06. The average molecular weight is 311 g/mol. The number of hydrogen-bond donors (Lipinski definition) is 1.